The van der Waals surface area contributed by atoms with Crippen molar-refractivity contribution in [3.05, 3.63) is 35.3 Å². The maximum absolute atomic E-state index is 12.1. The van der Waals surface area contributed by atoms with Crippen LogP contribution in [0.1, 0.15) is 36.0 Å². The number of nitrogens with two attached hydrogens (primary N) is 1. The van der Waals surface area contributed by atoms with E-state index in [4.69, 9.17) is 9.85 Å². The van der Waals surface area contributed by atoms with Gasteiger partial charge in [-0.1, -0.05) is 50.5 Å². The summed E-state index contributed by atoms with van der Waals surface area (Å²) < 4.78 is 23.5. The summed E-state index contributed by atoms with van der Waals surface area (Å²) in [6.07, 6.45) is 0.140. The van der Waals surface area contributed by atoms with Gasteiger partial charge in [0, 0.05) is 5.41 Å². The highest BCUT2D eigenvalue weighted by atomic mass is 16.1. The van der Waals surface area contributed by atoms with E-state index in [0.717, 1.165) is 0 Å². The Morgan fingerprint density at radius 1 is 1.56 bits per heavy atom. The molecule has 2 N–H and O–H groups in total. The number of carbonyl (C=O) groups excluding carboxylic acids is 1. The molecule has 0 saturated heterocycles. The summed E-state index contributed by atoms with van der Waals surface area (Å²) in [5.41, 5.74) is 6.37. The number of carbonyl (C=O) groups is 1. The Balaban J connectivity index is 3.10. The number of benzene rings is 1. The van der Waals surface area contributed by atoms with E-state index in [1.54, 1.807) is 27.7 Å². The van der Waals surface area contributed by atoms with Crippen molar-refractivity contribution in [2.24, 2.45) is 11.1 Å². The normalized spacial score (nSPS) is 16.2. The highest BCUT2D eigenvalue weighted by Gasteiger charge is 2.26. The molecule has 1 aromatic rings. The number of rotatable bonds is 3. The van der Waals surface area contributed by atoms with Gasteiger partial charge in [0.1, 0.15) is 0 Å². The van der Waals surface area contributed by atoms with Crippen molar-refractivity contribution in [2.75, 3.05) is 0 Å². The lowest BCUT2D eigenvalue weighted by atomic mass is 9.84. The first-order valence-corrected chi connectivity index (χ1v) is 5.42. The molecule has 0 radical (unpaired) electrons. The molecule has 0 aliphatic heterocycles. The zero-order chi connectivity index (χ0) is 15.0. The van der Waals surface area contributed by atoms with Gasteiger partial charge in [0.15, 0.2) is 5.78 Å². The molecule has 2 nitrogen and oxygen atoms in total. The van der Waals surface area contributed by atoms with Crippen LogP contribution in [0.5, 0.6) is 0 Å². The maximum Gasteiger partial charge on any atom is 0.155 e. The van der Waals surface area contributed by atoms with Gasteiger partial charge in [-0.15, -0.1) is 0 Å². The van der Waals surface area contributed by atoms with E-state index in [1.165, 1.54) is 6.07 Å². The number of ketones is 1. The van der Waals surface area contributed by atoms with Crippen LogP contribution in [0.2, 0.25) is 0 Å². The zero-order valence-electron chi connectivity index (χ0n) is 13.3. The summed E-state index contributed by atoms with van der Waals surface area (Å²) >= 11 is 0. The Kier molecular flexibility index (Phi) is 2.68. The van der Waals surface area contributed by atoms with Crippen LogP contribution in [-0.2, 0) is 11.2 Å². The van der Waals surface area contributed by atoms with Gasteiger partial charge in [-0.3, -0.25) is 4.79 Å². The average molecular weight is 222 g/mol. The lowest BCUT2D eigenvalue weighted by Gasteiger charge is -2.21. The number of hydrogen-bond donors (Lipinski definition) is 1. The first-order chi connectivity index (χ1) is 8.55. The highest BCUT2D eigenvalue weighted by molar-refractivity contribution is 5.88. The Bertz CT molecular complexity index is 480. The molecule has 1 aromatic carbocycles. The molecule has 2 heteroatoms. The summed E-state index contributed by atoms with van der Waals surface area (Å²) in [4.78, 5) is 12.1. The Hall–Kier alpha value is -1.15. The lowest BCUT2D eigenvalue weighted by Crippen LogP contribution is -2.40. The van der Waals surface area contributed by atoms with Gasteiger partial charge in [0.2, 0.25) is 0 Å². The molecule has 0 aromatic heterocycles. The lowest BCUT2D eigenvalue weighted by molar-refractivity contribution is -0.127. The Labute approximate surface area is 102 Å². The number of aryl methyl sites for hydroxylation is 1. The van der Waals surface area contributed by atoms with Gasteiger partial charge >= 0.3 is 0 Å². The van der Waals surface area contributed by atoms with E-state index in [1.807, 2.05) is 0 Å². The van der Waals surface area contributed by atoms with Gasteiger partial charge < -0.3 is 5.73 Å². The molecule has 0 fully saturated rings. The number of Topliss-reactive ketones (excluding diaryl/α,β-unsaturated/α-hetero) is 1. The molecular weight excluding hydrogens is 198 g/mol. The topological polar surface area (TPSA) is 43.1 Å². The van der Waals surface area contributed by atoms with Crippen molar-refractivity contribution in [1.29, 1.82) is 0 Å². The van der Waals surface area contributed by atoms with Crippen LogP contribution >= 0.6 is 0 Å². The van der Waals surface area contributed by atoms with E-state index in [-0.39, 0.29) is 30.3 Å². The molecule has 0 saturated carbocycles. The van der Waals surface area contributed by atoms with Crippen LogP contribution < -0.4 is 5.73 Å². The molecule has 1 rings (SSSR count). The molecule has 0 aliphatic carbocycles. The first kappa shape index (κ1) is 8.94. The van der Waals surface area contributed by atoms with Crippen LogP contribution in [-0.4, -0.2) is 11.8 Å². The van der Waals surface area contributed by atoms with Gasteiger partial charge in [0.05, 0.1) is 10.2 Å². The zero-order valence-corrected chi connectivity index (χ0v) is 10.3. The van der Waals surface area contributed by atoms with Crippen LogP contribution in [0.15, 0.2) is 24.2 Å². The van der Waals surface area contributed by atoms with Gasteiger partial charge in [-0.05, 0) is 18.9 Å². The molecule has 88 valence electrons. The summed E-state index contributed by atoms with van der Waals surface area (Å²) in [5.74, 6) is -0.0978. The quantitative estimate of drug-likeness (QED) is 0.853. The molecule has 0 spiro atoms. The van der Waals surface area contributed by atoms with Crippen LogP contribution in [0.25, 0.3) is 0 Å². The fourth-order valence-electron chi connectivity index (χ4n) is 1.51. The Morgan fingerprint density at radius 2 is 2.19 bits per heavy atom. The standard InChI is InChI=1S/C14H21NO/c1-10-6-5-7-11(8-10)9-12(15)13(16)14(2,3)4/h5-8,12H,9,15H2,1-4H3/t12-/m0/s1/i5D,7D,8D. The van der Waals surface area contributed by atoms with E-state index < -0.39 is 11.5 Å². The highest BCUT2D eigenvalue weighted by Crippen LogP contribution is 2.18. The second kappa shape index (κ2) is 4.79. The van der Waals surface area contributed by atoms with Crippen molar-refractivity contribution >= 4 is 5.78 Å². The van der Waals surface area contributed by atoms with Crippen LogP contribution in [0.4, 0.5) is 0 Å². The van der Waals surface area contributed by atoms with Crippen molar-refractivity contribution in [2.45, 2.75) is 40.2 Å². The summed E-state index contributed by atoms with van der Waals surface area (Å²) in [5, 5.41) is 0. The van der Waals surface area contributed by atoms with Crippen LogP contribution in [0.3, 0.4) is 0 Å². The summed E-state index contributed by atoms with van der Waals surface area (Å²) in [6.45, 7) is 7.11. The fraction of sp³-hybridized carbons (Fsp3) is 0.500. The van der Waals surface area contributed by atoms with Gasteiger partial charge in [-0.2, -0.15) is 0 Å². The summed E-state index contributed by atoms with van der Waals surface area (Å²) in [7, 11) is 0. The van der Waals surface area contributed by atoms with Gasteiger partial charge in [0.25, 0.3) is 0 Å². The second-order valence-electron chi connectivity index (χ2n) is 5.13. The van der Waals surface area contributed by atoms with Crippen LogP contribution in [0, 0.1) is 12.3 Å². The monoisotopic (exact) mass is 222 g/mol. The van der Waals surface area contributed by atoms with E-state index in [0.29, 0.717) is 11.1 Å². The second-order valence-corrected chi connectivity index (χ2v) is 5.13. The third kappa shape index (κ3) is 3.46. The van der Waals surface area contributed by atoms with Gasteiger partial charge in [-0.25, -0.2) is 0 Å². The molecule has 0 unspecified atom stereocenters. The van der Waals surface area contributed by atoms with Crippen molar-refractivity contribution in [3.63, 3.8) is 0 Å². The molecule has 0 amide bonds. The minimum Gasteiger partial charge on any atom is -0.321 e. The molecule has 0 aliphatic rings. The van der Waals surface area contributed by atoms with E-state index >= 15 is 0 Å². The predicted molar refractivity (Wildman–Crippen MR) is 67.3 cm³/mol. The SMILES string of the molecule is [2H]c1cc(C)c([2H])c(C[C@H](N)C(=O)C(C)(C)C)c1[2H]. The smallest absolute Gasteiger partial charge is 0.155 e. The van der Waals surface area contributed by atoms with Crippen molar-refractivity contribution < 1.29 is 8.91 Å². The maximum atomic E-state index is 12.1. The van der Waals surface area contributed by atoms with E-state index in [9.17, 15) is 4.79 Å². The molecular formula is C14H21NO. The molecule has 1 atom stereocenters. The number of hydrogen-bond acceptors (Lipinski definition) is 2. The van der Waals surface area contributed by atoms with E-state index in [2.05, 4.69) is 0 Å². The summed E-state index contributed by atoms with van der Waals surface area (Å²) in [6, 6.07) is 1.02. The van der Waals surface area contributed by atoms with Crippen molar-refractivity contribution in [1.82, 2.24) is 0 Å². The van der Waals surface area contributed by atoms with Crippen molar-refractivity contribution in [3.8, 4) is 0 Å². The Morgan fingerprint density at radius 3 is 2.75 bits per heavy atom. The predicted octanol–water partition coefficient (Wildman–Crippen LogP) is 2.48. The minimum absolute atomic E-state index is 0.00670. The third-order valence-electron chi connectivity index (χ3n) is 2.36. The molecule has 0 heterocycles. The largest absolute Gasteiger partial charge is 0.321 e. The molecule has 16 heavy (non-hydrogen) atoms. The fourth-order valence-corrected chi connectivity index (χ4v) is 1.51. The first-order valence-electron chi connectivity index (χ1n) is 6.92. The third-order valence-corrected chi connectivity index (χ3v) is 2.36. The minimum atomic E-state index is -0.741. The average Bonchev–Trinajstić information content (AvgIpc) is 2.29. The molecule has 0 bridgehead atoms.